The van der Waals surface area contributed by atoms with Crippen molar-refractivity contribution in [3.63, 3.8) is 0 Å². The summed E-state index contributed by atoms with van der Waals surface area (Å²) in [6.07, 6.45) is 5.37. The predicted molar refractivity (Wildman–Crippen MR) is 144 cm³/mol. The van der Waals surface area contributed by atoms with E-state index >= 15 is 0 Å². The molecule has 4 N–H and O–H groups in total. The van der Waals surface area contributed by atoms with Gasteiger partial charge >= 0.3 is 6.03 Å². The largest absolute Gasteiger partial charge is 0.391 e. The van der Waals surface area contributed by atoms with Crippen molar-refractivity contribution in [3.05, 3.63) is 58.4 Å². The van der Waals surface area contributed by atoms with Gasteiger partial charge in [0.05, 0.1) is 27.4 Å². The third kappa shape index (κ3) is 4.68. The molecule has 3 aromatic heterocycles. The monoisotopic (exact) mass is 553 g/mol. The average Bonchev–Trinajstić information content (AvgIpc) is 3.37. The van der Waals surface area contributed by atoms with Crippen LogP contribution in [-0.2, 0) is 6.42 Å². The Morgan fingerprint density at radius 3 is 2.92 bits per heavy atom. The van der Waals surface area contributed by atoms with Crippen molar-refractivity contribution in [2.75, 3.05) is 29.0 Å². The lowest BCUT2D eigenvalue weighted by Gasteiger charge is -2.25. The molecule has 3 amide bonds. The van der Waals surface area contributed by atoms with E-state index in [0.717, 1.165) is 33.4 Å². The van der Waals surface area contributed by atoms with Crippen molar-refractivity contribution in [2.24, 2.45) is 0 Å². The van der Waals surface area contributed by atoms with Gasteiger partial charge in [0.25, 0.3) is 5.91 Å². The van der Waals surface area contributed by atoms with Gasteiger partial charge in [-0.05, 0) is 42.5 Å². The minimum Gasteiger partial charge on any atom is -0.391 e. The number of nitrogens with zero attached hydrogens (tertiary/aromatic N) is 4. The molecule has 1 saturated heterocycles. The molecule has 38 heavy (non-hydrogen) atoms. The summed E-state index contributed by atoms with van der Waals surface area (Å²) < 4.78 is 15.5. The van der Waals surface area contributed by atoms with E-state index in [9.17, 15) is 19.1 Å². The molecule has 0 bridgehead atoms. The van der Waals surface area contributed by atoms with Crippen molar-refractivity contribution < 1.29 is 19.1 Å². The van der Waals surface area contributed by atoms with Gasteiger partial charge in [0.15, 0.2) is 5.13 Å². The fourth-order valence-electron chi connectivity index (χ4n) is 4.91. The average molecular weight is 554 g/mol. The lowest BCUT2D eigenvalue weighted by atomic mass is 10.1. The number of rotatable bonds is 7. The van der Waals surface area contributed by atoms with Crippen molar-refractivity contribution >= 4 is 61.5 Å². The second-order valence-electron chi connectivity index (χ2n) is 9.32. The van der Waals surface area contributed by atoms with Crippen LogP contribution < -0.4 is 16.0 Å². The Kier molecular flexibility index (Phi) is 6.41. The number of urea groups is 1. The second-order valence-corrected chi connectivity index (χ2v) is 11.4. The van der Waals surface area contributed by atoms with E-state index in [4.69, 9.17) is 0 Å². The van der Waals surface area contributed by atoms with E-state index in [1.165, 1.54) is 29.8 Å². The van der Waals surface area contributed by atoms with Crippen LogP contribution >= 0.6 is 22.7 Å². The molecule has 1 spiro atoms. The first kappa shape index (κ1) is 24.6. The number of halogens is 1. The third-order valence-electron chi connectivity index (χ3n) is 6.92. The Morgan fingerprint density at radius 1 is 1.21 bits per heavy atom. The van der Waals surface area contributed by atoms with E-state index in [1.54, 1.807) is 22.4 Å². The molecule has 4 aromatic rings. The lowest BCUT2D eigenvalue weighted by Crippen LogP contribution is -2.40. The number of benzene rings is 1. The number of aromatic nitrogens is 3. The molecule has 1 aliphatic carbocycles. The Balaban J connectivity index is 1.04. The van der Waals surface area contributed by atoms with Crippen molar-refractivity contribution in [2.45, 2.75) is 37.3 Å². The summed E-state index contributed by atoms with van der Waals surface area (Å²) in [5.74, 6) is -0.351. The molecule has 0 radical (unpaired) electrons. The molecule has 1 saturated carbocycles. The third-order valence-corrected chi connectivity index (χ3v) is 8.80. The number of fused-ring (bicyclic) bond motifs is 1. The molecular formula is C25H24FN7O3S2. The minimum absolute atomic E-state index is 0.129. The zero-order chi connectivity index (χ0) is 26.3. The number of aliphatic hydroxyl groups is 1. The molecule has 196 valence electrons. The second kappa shape index (κ2) is 9.89. The topological polar surface area (TPSA) is 132 Å². The highest BCUT2D eigenvalue weighted by Gasteiger charge is 2.61. The van der Waals surface area contributed by atoms with Gasteiger partial charge < -0.3 is 20.6 Å². The van der Waals surface area contributed by atoms with Gasteiger partial charge in [-0.15, -0.1) is 22.7 Å². The molecule has 4 heterocycles. The van der Waals surface area contributed by atoms with Crippen LogP contribution in [0.15, 0.2) is 42.2 Å². The molecule has 1 aliphatic heterocycles. The number of hydrogen-bond acceptors (Lipinski definition) is 9. The van der Waals surface area contributed by atoms with Gasteiger partial charge in [-0.2, -0.15) is 0 Å². The normalized spacial score (nSPS) is 20.2. The Bertz CT molecular complexity index is 1530. The fourth-order valence-corrected chi connectivity index (χ4v) is 6.53. The number of aliphatic hydroxyl groups excluding tert-OH is 1. The van der Waals surface area contributed by atoms with E-state index in [2.05, 4.69) is 30.9 Å². The van der Waals surface area contributed by atoms with Crippen LogP contribution in [0.4, 0.5) is 25.8 Å². The first-order valence-corrected chi connectivity index (χ1v) is 13.9. The highest BCUT2D eigenvalue weighted by Crippen LogP contribution is 2.50. The maximum atomic E-state index is 14.5. The van der Waals surface area contributed by atoms with Gasteiger partial charge in [0.1, 0.15) is 18.0 Å². The van der Waals surface area contributed by atoms with Crippen molar-refractivity contribution in [3.8, 4) is 0 Å². The molecule has 2 aliphatic rings. The van der Waals surface area contributed by atoms with Crippen molar-refractivity contribution in [1.82, 2.24) is 19.9 Å². The maximum Gasteiger partial charge on any atom is 0.325 e. The van der Waals surface area contributed by atoms with Gasteiger partial charge in [0, 0.05) is 42.7 Å². The fraction of sp³-hybridized carbons (Fsp3) is 0.320. The van der Waals surface area contributed by atoms with Gasteiger partial charge in [-0.3, -0.25) is 10.1 Å². The summed E-state index contributed by atoms with van der Waals surface area (Å²) in [6.45, 7) is 1.12. The molecule has 6 rings (SSSR count). The number of thiazole rings is 1. The number of carbonyl (C=O) groups is 2. The summed E-state index contributed by atoms with van der Waals surface area (Å²) in [5.41, 5.74) is 0.494. The summed E-state index contributed by atoms with van der Waals surface area (Å²) in [6, 6.07) is 5.28. The Labute approximate surface area is 224 Å². The van der Waals surface area contributed by atoms with E-state index in [0.29, 0.717) is 37.5 Å². The minimum atomic E-state index is -0.668. The number of nitrogens with one attached hydrogen (secondary N) is 3. The van der Waals surface area contributed by atoms with E-state index in [1.807, 2.05) is 11.4 Å². The van der Waals surface area contributed by atoms with E-state index in [-0.39, 0.29) is 11.3 Å². The molecule has 2 atom stereocenters. The smallest absolute Gasteiger partial charge is 0.325 e. The zero-order valence-electron chi connectivity index (χ0n) is 20.1. The summed E-state index contributed by atoms with van der Waals surface area (Å²) in [4.78, 5) is 41.0. The van der Waals surface area contributed by atoms with Gasteiger partial charge in [-0.25, -0.2) is 24.1 Å². The molecule has 0 unspecified atom stereocenters. The van der Waals surface area contributed by atoms with Crippen LogP contribution in [0.5, 0.6) is 0 Å². The van der Waals surface area contributed by atoms with Crippen LogP contribution in [0.2, 0.25) is 0 Å². The van der Waals surface area contributed by atoms with Crippen molar-refractivity contribution in [1.29, 1.82) is 0 Å². The van der Waals surface area contributed by atoms with Crippen LogP contribution in [0.25, 0.3) is 10.2 Å². The Hall–Kier alpha value is -3.68. The summed E-state index contributed by atoms with van der Waals surface area (Å²) in [7, 11) is 0. The van der Waals surface area contributed by atoms with Crippen LogP contribution in [0, 0.1) is 5.82 Å². The molecule has 1 aromatic carbocycles. The van der Waals surface area contributed by atoms with Crippen LogP contribution in [-0.4, -0.2) is 61.6 Å². The predicted octanol–water partition coefficient (Wildman–Crippen LogP) is 4.32. The van der Waals surface area contributed by atoms with Gasteiger partial charge in [0.2, 0.25) is 0 Å². The number of carbonyl (C=O) groups excluding carboxylic acids is 2. The highest BCUT2D eigenvalue weighted by atomic mass is 32.1. The SMILES string of the molecule is O=C(Nc1ccc(F)c(C(=O)N2CCC[C@@]23C[C@@H]3O)c1)Nc1ncc(CCNc2ncnc3ccsc23)s1. The number of anilines is 3. The number of amides is 3. The van der Waals surface area contributed by atoms with E-state index < -0.39 is 29.4 Å². The molecule has 10 nitrogen and oxygen atoms in total. The van der Waals surface area contributed by atoms with Gasteiger partial charge in [-0.1, -0.05) is 0 Å². The highest BCUT2D eigenvalue weighted by molar-refractivity contribution is 7.17. The first-order valence-electron chi connectivity index (χ1n) is 12.2. The maximum absolute atomic E-state index is 14.5. The molecule has 13 heteroatoms. The van der Waals surface area contributed by atoms with Crippen LogP contribution in [0.3, 0.4) is 0 Å². The number of hydrogen-bond donors (Lipinski definition) is 4. The van der Waals surface area contributed by atoms with Crippen LogP contribution in [0.1, 0.15) is 34.5 Å². The lowest BCUT2D eigenvalue weighted by molar-refractivity contribution is 0.0658. The Morgan fingerprint density at radius 2 is 2.08 bits per heavy atom. The standard InChI is InChI=1S/C25H24FN7O3S2/c26-17-3-2-14(10-16(17)22(35)33-8-1-6-25(33)11-19(25)34)31-23(36)32-24-28-12-15(38-24)4-7-27-21-20-18(5-9-37-20)29-13-30-21/h2-3,5,9-10,12-13,19,34H,1,4,6-8,11H2,(H,27,29,30)(H2,28,31,32,36)/t19-,25-/m0/s1. The quantitative estimate of drug-likeness (QED) is 0.268. The summed E-state index contributed by atoms with van der Waals surface area (Å²) in [5, 5.41) is 21.1. The number of thiophene rings is 1. The molecule has 2 fully saturated rings. The first-order chi connectivity index (χ1) is 18.4. The number of likely N-dealkylation sites (tertiary alicyclic amines) is 1. The molecular weight excluding hydrogens is 529 g/mol. The zero-order valence-corrected chi connectivity index (χ0v) is 21.7. The summed E-state index contributed by atoms with van der Waals surface area (Å²) >= 11 is 2.93.